The predicted molar refractivity (Wildman–Crippen MR) is 131 cm³/mol. The van der Waals surface area contributed by atoms with Gasteiger partial charge in [0, 0.05) is 43.3 Å². The number of nitrogens with one attached hydrogen (secondary N) is 2. The lowest BCUT2D eigenvalue weighted by Crippen LogP contribution is -2.32. The largest absolute Gasteiger partial charge is 0.352 e. The molecule has 2 unspecified atom stereocenters. The second kappa shape index (κ2) is 9.12. The second-order valence-corrected chi connectivity index (χ2v) is 8.76. The molecule has 1 aliphatic heterocycles. The molecule has 0 saturated carbocycles. The first-order chi connectivity index (χ1) is 15.3. The number of carbonyl (C=O) groups is 1. The molecule has 0 radical (unpaired) electrons. The van der Waals surface area contributed by atoms with Crippen LogP contribution in [0.25, 0.3) is 0 Å². The number of hydrogen-bond donors (Lipinski definition) is 2. The summed E-state index contributed by atoms with van der Waals surface area (Å²) < 4.78 is 2.19. The summed E-state index contributed by atoms with van der Waals surface area (Å²) in [5.41, 5.74) is 6.44. The van der Waals surface area contributed by atoms with E-state index in [9.17, 15) is 4.79 Å². The van der Waals surface area contributed by atoms with Crippen LogP contribution < -0.4 is 10.6 Å². The van der Waals surface area contributed by atoms with Gasteiger partial charge in [0.2, 0.25) is 5.91 Å². The SMILES string of the molecule is Cc1cccc(NC(=O)CCN2C(=S)NC(c3ccccn3)C2c2cc(C)n(C)c2C)c1. The lowest BCUT2D eigenvalue weighted by atomic mass is 9.96. The highest BCUT2D eigenvalue weighted by atomic mass is 32.1. The maximum Gasteiger partial charge on any atom is 0.226 e. The third kappa shape index (κ3) is 4.39. The van der Waals surface area contributed by atoms with Crippen molar-refractivity contribution in [2.75, 3.05) is 11.9 Å². The fourth-order valence-corrected chi connectivity index (χ4v) is 4.67. The van der Waals surface area contributed by atoms with Gasteiger partial charge in [-0.3, -0.25) is 9.78 Å². The Kier molecular flexibility index (Phi) is 6.28. The zero-order chi connectivity index (χ0) is 22.8. The number of anilines is 1. The summed E-state index contributed by atoms with van der Waals surface area (Å²) >= 11 is 5.72. The Hall–Kier alpha value is -3.19. The number of amides is 1. The van der Waals surface area contributed by atoms with Gasteiger partial charge in [-0.05, 0) is 74.4 Å². The molecule has 1 saturated heterocycles. The molecule has 1 amide bonds. The Bertz CT molecular complexity index is 1140. The van der Waals surface area contributed by atoms with E-state index in [1.54, 1.807) is 6.20 Å². The molecule has 1 fully saturated rings. The van der Waals surface area contributed by atoms with Gasteiger partial charge in [-0.2, -0.15) is 0 Å². The van der Waals surface area contributed by atoms with Gasteiger partial charge in [0.15, 0.2) is 5.11 Å². The number of pyridine rings is 1. The molecule has 3 heterocycles. The molecule has 1 aromatic carbocycles. The first-order valence-electron chi connectivity index (χ1n) is 10.8. The van der Waals surface area contributed by atoms with E-state index in [0.29, 0.717) is 18.1 Å². The number of benzene rings is 1. The minimum Gasteiger partial charge on any atom is -0.352 e. The average Bonchev–Trinajstić information content (AvgIpc) is 3.23. The Balaban J connectivity index is 1.58. The number of rotatable bonds is 6. The van der Waals surface area contributed by atoms with Crippen molar-refractivity contribution in [2.24, 2.45) is 7.05 Å². The highest BCUT2D eigenvalue weighted by Gasteiger charge is 2.41. The van der Waals surface area contributed by atoms with Crippen molar-refractivity contribution in [1.82, 2.24) is 19.8 Å². The van der Waals surface area contributed by atoms with Crippen LogP contribution in [0.15, 0.2) is 54.7 Å². The minimum atomic E-state index is -0.0796. The maximum atomic E-state index is 12.7. The average molecular weight is 448 g/mol. The van der Waals surface area contributed by atoms with Crippen LogP contribution in [-0.2, 0) is 11.8 Å². The van der Waals surface area contributed by atoms with Gasteiger partial charge in [0.05, 0.1) is 17.8 Å². The number of nitrogens with zero attached hydrogens (tertiary/aromatic N) is 3. The van der Waals surface area contributed by atoms with Crippen LogP contribution in [0.2, 0.25) is 0 Å². The van der Waals surface area contributed by atoms with Crippen LogP contribution in [0.4, 0.5) is 5.69 Å². The summed E-state index contributed by atoms with van der Waals surface area (Å²) in [5.74, 6) is -0.0283. The maximum absolute atomic E-state index is 12.7. The van der Waals surface area contributed by atoms with Crippen molar-refractivity contribution < 1.29 is 4.79 Å². The standard InChI is InChI=1S/C25H29N5OS/c1-16-8-7-9-19(14-16)27-22(31)11-13-30-24(20-15-17(2)29(4)18(20)3)23(28-25(30)32)21-10-5-6-12-26-21/h5-10,12,14-15,23-24H,11,13H2,1-4H3,(H,27,31)(H,28,32). The smallest absolute Gasteiger partial charge is 0.226 e. The van der Waals surface area contributed by atoms with E-state index in [4.69, 9.17) is 12.2 Å². The monoisotopic (exact) mass is 447 g/mol. The van der Waals surface area contributed by atoms with Gasteiger partial charge >= 0.3 is 0 Å². The van der Waals surface area contributed by atoms with Crippen molar-refractivity contribution in [3.05, 3.63) is 82.9 Å². The topological polar surface area (TPSA) is 62.2 Å². The van der Waals surface area contributed by atoms with Crippen molar-refractivity contribution in [2.45, 2.75) is 39.3 Å². The number of aryl methyl sites for hydroxylation is 2. The molecular formula is C25H29N5OS. The highest BCUT2D eigenvalue weighted by Crippen LogP contribution is 2.40. The van der Waals surface area contributed by atoms with Crippen LogP contribution in [0.1, 0.15) is 46.7 Å². The third-order valence-electron chi connectivity index (χ3n) is 6.21. The molecule has 0 aliphatic carbocycles. The number of thiocarbonyl (C=S) groups is 1. The third-order valence-corrected chi connectivity index (χ3v) is 6.56. The molecule has 0 bridgehead atoms. The van der Waals surface area contributed by atoms with E-state index in [1.165, 1.54) is 17.0 Å². The fraction of sp³-hybridized carbons (Fsp3) is 0.320. The second-order valence-electron chi connectivity index (χ2n) is 8.37. The Labute approximate surface area is 194 Å². The van der Waals surface area contributed by atoms with E-state index in [0.717, 1.165) is 16.9 Å². The Morgan fingerprint density at radius 2 is 1.97 bits per heavy atom. The predicted octanol–water partition coefficient (Wildman–Crippen LogP) is 4.35. The minimum absolute atomic E-state index is 0.0283. The molecule has 2 N–H and O–H groups in total. The van der Waals surface area contributed by atoms with E-state index >= 15 is 0 Å². The van der Waals surface area contributed by atoms with Gasteiger partial charge in [-0.15, -0.1) is 0 Å². The molecule has 32 heavy (non-hydrogen) atoms. The molecule has 6 nitrogen and oxygen atoms in total. The van der Waals surface area contributed by atoms with Crippen molar-refractivity contribution in [3.8, 4) is 0 Å². The zero-order valence-electron chi connectivity index (χ0n) is 18.9. The van der Waals surface area contributed by atoms with Gasteiger partial charge in [0.25, 0.3) is 0 Å². The van der Waals surface area contributed by atoms with Gasteiger partial charge in [-0.25, -0.2) is 0 Å². The molecule has 166 valence electrons. The first kappa shape index (κ1) is 22.0. The molecule has 4 rings (SSSR count). The summed E-state index contributed by atoms with van der Waals surface area (Å²) in [6.07, 6.45) is 2.14. The van der Waals surface area contributed by atoms with E-state index in [2.05, 4.69) is 52.0 Å². The van der Waals surface area contributed by atoms with Crippen LogP contribution in [0.5, 0.6) is 0 Å². The van der Waals surface area contributed by atoms with Crippen molar-refractivity contribution in [1.29, 1.82) is 0 Å². The molecular weight excluding hydrogens is 418 g/mol. The lowest BCUT2D eigenvalue weighted by molar-refractivity contribution is -0.116. The zero-order valence-corrected chi connectivity index (χ0v) is 19.7. The fourth-order valence-electron chi connectivity index (χ4n) is 4.34. The van der Waals surface area contributed by atoms with Gasteiger partial charge < -0.3 is 20.1 Å². The van der Waals surface area contributed by atoms with Crippen molar-refractivity contribution in [3.63, 3.8) is 0 Å². The van der Waals surface area contributed by atoms with Gasteiger partial charge in [-0.1, -0.05) is 18.2 Å². The summed E-state index contributed by atoms with van der Waals surface area (Å²) in [4.78, 5) is 19.4. The Morgan fingerprint density at radius 3 is 2.62 bits per heavy atom. The quantitative estimate of drug-likeness (QED) is 0.550. The van der Waals surface area contributed by atoms with Crippen molar-refractivity contribution >= 4 is 28.9 Å². The summed E-state index contributed by atoms with van der Waals surface area (Å²) in [5, 5.41) is 7.11. The molecule has 2 aromatic heterocycles. The summed E-state index contributed by atoms with van der Waals surface area (Å²) in [6, 6.07) is 15.8. The first-order valence-corrected chi connectivity index (χ1v) is 11.2. The molecule has 7 heteroatoms. The summed E-state index contributed by atoms with van der Waals surface area (Å²) in [7, 11) is 2.07. The van der Waals surface area contributed by atoms with Crippen LogP contribution in [0, 0.1) is 20.8 Å². The van der Waals surface area contributed by atoms with Crippen LogP contribution in [0.3, 0.4) is 0 Å². The van der Waals surface area contributed by atoms with Gasteiger partial charge in [0.1, 0.15) is 0 Å². The lowest BCUT2D eigenvalue weighted by Gasteiger charge is -2.28. The van der Waals surface area contributed by atoms with E-state index in [1.807, 2.05) is 49.4 Å². The normalized spacial score (nSPS) is 18.0. The number of aromatic nitrogens is 2. The summed E-state index contributed by atoms with van der Waals surface area (Å²) in [6.45, 7) is 6.76. The van der Waals surface area contributed by atoms with E-state index in [-0.39, 0.29) is 18.0 Å². The number of hydrogen-bond acceptors (Lipinski definition) is 3. The van der Waals surface area contributed by atoms with Crippen LogP contribution in [-0.4, -0.2) is 32.0 Å². The molecule has 2 atom stereocenters. The van der Waals surface area contributed by atoms with E-state index < -0.39 is 0 Å². The highest BCUT2D eigenvalue weighted by molar-refractivity contribution is 7.80. The molecule has 1 aliphatic rings. The Morgan fingerprint density at radius 1 is 1.16 bits per heavy atom. The number of carbonyl (C=O) groups excluding carboxylic acids is 1. The molecule has 3 aromatic rings. The molecule has 0 spiro atoms. The van der Waals surface area contributed by atoms with Crippen LogP contribution >= 0.6 is 12.2 Å².